The van der Waals surface area contributed by atoms with Crippen LogP contribution in [0.5, 0.6) is 0 Å². The minimum atomic E-state index is -3.60. The van der Waals surface area contributed by atoms with Crippen LogP contribution in [0.3, 0.4) is 0 Å². The molecule has 0 aliphatic carbocycles. The molecule has 1 amide bonds. The summed E-state index contributed by atoms with van der Waals surface area (Å²) in [7, 11) is -0.442. The maximum absolute atomic E-state index is 12.7. The second kappa shape index (κ2) is 6.61. The number of hydrogen-bond acceptors (Lipinski definition) is 3. The van der Waals surface area contributed by atoms with Crippen LogP contribution in [0.25, 0.3) is 0 Å². The highest BCUT2D eigenvalue weighted by atomic mass is 32.2. The maximum Gasteiger partial charge on any atom is 0.241 e. The molecule has 1 aliphatic heterocycles. The van der Waals surface area contributed by atoms with E-state index in [4.69, 9.17) is 0 Å². The molecule has 0 saturated carbocycles. The van der Waals surface area contributed by atoms with Crippen molar-refractivity contribution in [2.75, 3.05) is 27.2 Å². The molecule has 5 nitrogen and oxygen atoms in total. The van der Waals surface area contributed by atoms with Crippen molar-refractivity contribution < 1.29 is 13.2 Å². The zero-order chi connectivity index (χ0) is 17.4. The lowest BCUT2D eigenvalue weighted by Crippen LogP contribution is -2.44. The van der Waals surface area contributed by atoms with E-state index in [2.05, 4.69) is 32.0 Å². The highest BCUT2D eigenvalue weighted by molar-refractivity contribution is 7.90. The van der Waals surface area contributed by atoms with E-state index in [0.717, 1.165) is 6.42 Å². The van der Waals surface area contributed by atoms with Crippen molar-refractivity contribution in [1.29, 1.82) is 0 Å². The molecule has 0 radical (unpaired) electrons. The fourth-order valence-electron chi connectivity index (χ4n) is 3.19. The van der Waals surface area contributed by atoms with Crippen LogP contribution in [0.4, 0.5) is 0 Å². The summed E-state index contributed by atoms with van der Waals surface area (Å²) in [6, 6.07) is 6.37. The first-order valence-corrected chi connectivity index (χ1v) is 9.41. The number of nitrogens with zero attached hydrogens (tertiary/aromatic N) is 2. The first kappa shape index (κ1) is 17.9. The van der Waals surface area contributed by atoms with Crippen LogP contribution in [0.15, 0.2) is 18.2 Å². The average molecular weight is 338 g/mol. The highest BCUT2D eigenvalue weighted by Crippen LogP contribution is 2.31. The van der Waals surface area contributed by atoms with Gasteiger partial charge in [-0.1, -0.05) is 29.3 Å². The van der Waals surface area contributed by atoms with Crippen LogP contribution in [0.2, 0.25) is 0 Å². The first-order chi connectivity index (χ1) is 10.6. The smallest absolute Gasteiger partial charge is 0.241 e. The summed E-state index contributed by atoms with van der Waals surface area (Å²) in [6.07, 6.45) is 0.797. The summed E-state index contributed by atoms with van der Waals surface area (Å²) in [6.45, 7) is 6.51. The standard InChI is InChI=1S/C17H26N2O3S/c1-12-8-13(2)10-16(9-12)15-6-7-19(11-15)23(21,22)14(3)17(20)18(4)5/h8-10,14-15H,6-7,11H2,1-5H3/t14-,15+/m1/s1. The van der Waals surface area contributed by atoms with Gasteiger partial charge in [-0.2, -0.15) is 0 Å². The predicted molar refractivity (Wildman–Crippen MR) is 91.9 cm³/mol. The van der Waals surface area contributed by atoms with Crippen molar-refractivity contribution in [1.82, 2.24) is 9.21 Å². The second-order valence-electron chi connectivity index (χ2n) is 6.68. The summed E-state index contributed by atoms with van der Waals surface area (Å²) in [5.41, 5.74) is 3.57. The summed E-state index contributed by atoms with van der Waals surface area (Å²) >= 11 is 0. The fraction of sp³-hybridized carbons (Fsp3) is 0.588. The molecule has 23 heavy (non-hydrogen) atoms. The van der Waals surface area contributed by atoms with Crippen molar-refractivity contribution >= 4 is 15.9 Å². The topological polar surface area (TPSA) is 57.7 Å². The number of benzene rings is 1. The van der Waals surface area contributed by atoms with Crippen LogP contribution < -0.4 is 0 Å². The zero-order valence-corrected chi connectivity index (χ0v) is 15.4. The fourth-order valence-corrected chi connectivity index (χ4v) is 4.85. The van der Waals surface area contributed by atoms with Gasteiger partial charge >= 0.3 is 0 Å². The van der Waals surface area contributed by atoms with E-state index in [9.17, 15) is 13.2 Å². The largest absolute Gasteiger partial charge is 0.348 e. The van der Waals surface area contributed by atoms with Gasteiger partial charge in [0.1, 0.15) is 0 Å². The Hall–Kier alpha value is -1.40. The lowest BCUT2D eigenvalue weighted by atomic mass is 9.95. The molecular formula is C17H26N2O3S. The summed E-state index contributed by atoms with van der Waals surface area (Å²) in [4.78, 5) is 13.3. The molecule has 1 fully saturated rings. The van der Waals surface area contributed by atoms with Crippen LogP contribution in [-0.4, -0.2) is 56.0 Å². The Morgan fingerprint density at radius 3 is 2.30 bits per heavy atom. The Kier molecular flexibility index (Phi) is 5.16. The Morgan fingerprint density at radius 1 is 1.22 bits per heavy atom. The van der Waals surface area contributed by atoms with Crippen LogP contribution in [0.1, 0.15) is 36.0 Å². The van der Waals surface area contributed by atoms with E-state index in [1.165, 1.54) is 32.8 Å². The lowest BCUT2D eigenvalue weighted by Gasteiger charge is -2.23. The molecule has 2 rings (SSSR count). The van der Waals surface area contributed by atoms with Crippen molar-refractivity contribution in [3.63, 3.8) is 0 Å². The molecule has 0 N–H and O–H groups in total. The number of sulfonamides is 1. The van der Waals surface area contributed by atoms with E-state index in [1.54, 1.807) is 14.1 Å². The van der Waals surface area contributed by atoms with Gasteiger partial charge in [0, 0.05) is 27.2 Å². The number of carbonyl (C=O) groups is 1. The summed E-state index contributed by atoms with van der Waals surface area (Å²) in [5.74, 6) is -0.176. The van der Waals surface area contributed by atoms with Gasteiger partial charge in [0.15, 0.2) is 5.25 Å². The molecule has 1 aromatic rings. The lowest BCUT2D eigenvalue weighted by molar-refractivity contribution is -0.128. The molecule has 0 unspecified atom stereocenters. The number of amides is 1. The van der Waals surface area contributed by atoms with Gasteiger partial charge in [-0.05, 0) is 38.7 Å². The van der Waals surface area contributed by atoms with Gasteiger partial charge in [0.2, 0.25) is 15.9 Å². The molecule has 2 atom stereocenters. The first-order valence-electron chi connectivity index (χ1n) is 7.91. The molecule has 0 spiro atoms. The minimum Gasteiger partial charge on any atom is -0.348 e. The van der Waals surface area contributed by atoms with Crippen molar-refractivity contribution in [2.24, 2.45) is 0 Å². The van der Waals surface area contributed by atoms with Crippen molar-refractivity contribution in [3.8, 4) is 0 Å². The van der Waals surface area contributed by atoms with Gasteiger partial charge in [-0.3, -0.25) is 4.79 Å². The normalized spacial score (nSPS) is 20.5. The molecule has 6 heteroatoms. The van der Waals surface area contributed by atoms with Crippen molar-refractivity contribution in [3.05, 3.63) is 34.9 Å². The van der Waals surface area contributed by atoms with E-state index in [0.29, 0.717) is 13.1 Å². The van der Waals surface area contributed by atoms with Crippen LogP contribution in [0, 0.1) is 13.8 Å². The van der Waals surface area contributed by atoms with Gasteiger partial charge in [0.05, 0.1) is 0 Å². The molecule has 128 valence electrons. The quantitative estimate of drug-likeness (QED) is 0.842. The number of hydrogen-bond donors (Lipinski definition) is 0. The van der Waals surface area contributed by atoms with Gasteiger partial charge in [-0.25, -0.2) is 12.7 Å². The van der Waals surface area contributed by atoms with E-state index >= 15 is 0 Å². The zero-order valence-electron chi connectivity index (χ0n) is 14.5. The third-order valence-corrected chi connectivity index (χ3v) is 6.61. The van der Waals surface area contributed by atoms with E-state index < -0.39 is 15.3 Å². The Labute approximate surface area is 139 Å². The van der Waals surface area contributed by atoms with Crippen LogP contribution in [-0.2, 0) is 14.8 Å². The molecule has 1 heterocycles. The highest BCUT2D eigenvalue weighted by Gasteiger charge is 2.39. The molecular weight excluding hydrogens is 312 g/mol. The third kappa shape index (κ3) is 3.75. The summed E-state index contributed by atoms with van der Waals surface area (Å²) in [5, 5.41) is -1.03. The number of aryl methyl sites for hydroxylation is 2. The second-order valence-corrected chi connectivity index (χ2v) is 8.94. The monoisotopic (exact) mass is 338 g/mol. The number of rotatable bonds is 4. The maximum atomic E-state index is 12.7. The predicted octanol–water partition coefficient (Wildman–Crippen LogP) is 1.90. The molecule has 0 aromatic heterocycles. The van der Waals surface area contributed by atoms with Gasteiger partial charge in [-0.15, -0.1) is 0 Å². The minimum absolute atomic E-state index is 0.199. The molecule has 1 aliphatic rings. The molecule has 1 aromatic carbocycles. The van der Waals surface area contributed by atoms with Gasteiger partial charge in [0.25, 0.3) is 0 Å². The van der Waals surface area contributed by atoms with E-state index in [1.807, 2.05) is 0 Å². The third-order valence-electron chi connectivity index (χ3n) is 4.46. The van der Waals surface area contributed by atoms with Crippen LogP contribution >= 0.6 is 0 Å². The Morgan fingerprint density at radius 2 is 1.78 bits per heavy atom. The molecule has 0 bridgehead atoms. The Bertz CT molecular complexity index is 678. The number of carbonyl (C=O) groups excluding carboxylic acids is 1. The Balaban J connectivity index is 2.17. The molecule has 1 saturated heterocycles. The van der Waals surface area contributed by atoms with Gasteiger partial charge < -0.3 is 4.90 Å². The van der Waals surface area contributed by atoms with Crippen molar-refractivity contribution in [2.45, 2.75) is 38.4 Å². The SMILES string of the molecule is Cc1cc(C)cc([C@H]2CCN(S(=O)(=O)[C@H](C)C(=O)N(C)C)C2)c1. The average Bonchev–Trinajstić information content (AvgIpc) is 2.95. The van der Waals surface area contributed by atoms with E-state index in [-0.39, 0.29) is 11.8 Å². The summed E-state index contributed by atoms with van der Waals surface area (Å²) < 4.78 is 26.8.